The molecule has 26 heavy (non-hydrogen) atoms. The number of carbonyl (C=O) groups excluding carboxylic acids is 3. The number of rotatable bonds is 6. The minimum absolute atomic E-state index is 0.218. The third kappa shape index (κ3) is 3.37. The quantitative estimate of drug-likeness (QED) is 0.797. The van der Waals surface area contributed by atoms with Crippen LogP contribution in [-0.2, 0) is 11.3 Å². The number of carbonyl (C=O) groups is 3. The standard InChI is InChI=1S/C19H18N2O5/c1-25-13-7-12(8-14(9-13)26-2)10-20-17(22)11-21-18(23)15-5-3-4-6-16(15)19(21)24/h3-9H,10-11H2,1-2H3,(H,20,22). The van der Waals surface area contributed by atoms with Gasteiger partial charge >= 0.3 is 0 Å². The second-order valence-corrected chi connectivity index (χ2v) is 5.74. The van der Waals surface area contributed by atoms with Gasteiger partial charge in [0.25, 0.3) is 11.8 Å². The van der Waals surface area contributed by atoms with E-state index < -0.39 is 17.7 Å². The highest BCUT2D eigenvalue weighted by Crippen LogP contribution is 2.23. The fourth-order valence-corrected chi connectivity index (χ4v) is 2.75. The average molecular weight is 354 g/mol. The van der Waals surface area contributed by atoms with Gasteiger partial charge in [-0.2, -0.15) is 0 Å². The number of nitrogens with one attached hydrogen (secondary N) is 1. The number of methoxy groups -OCH3 is 2. The third-order valence-electron chi connectivity index (χ3n) is 4.08. The van der Waals surface area contributed by atoms with Crippen molar-refractivity contribution in [1.29, 1.82) is 0 Å². The molecule has 0 fully saturated rings. The Bertz CT molecular complexity index is 821. The molecule has 0 spiro atoms. The fourth-order valence-electron chi connectivity index (χ4n) is 2.75. The number of imide groups is 1. The first-order valence-electron chi connectivity index (χ1n) is 7.97. The Morgan fingerprint density at radius 2 is 1.50 bits per heavy atom. The monoisotopic (exact) mass is 354 g/mol. The molecule has 0 unspecified atom stereocenters. The summed E-state index contributed by atoms with van der Waals surface area (Å²) in [6.07, 6.45) is 0. The SMILES string of the molecule is COc1cc(CNC(=O)CN2C(=O)c3ccccc3C2=O)cc(OC)c1. The second-order valence-electron chi connectivity index (χ2n) is 5.74. The van der Waals surface area contributed by atoms with Crippen molar-refractivity contribution in [3.63, 3.8) is 0 Å². The lowest BCUT2D eigenvalue weighted by Gasteiger charge is -2.14. The predicted molar refractivity (Wildman–Crippen MR) is 93.2 cm³/mol. The van der Waals surface area contributed by atoms with Crippen LogP contribution in [0.1, 0.15) is 26.3 Å². The molecule has 1 aliphatic rings. The highest BCUT2D eigenvalue weighted by Gasteiger charge is 2.36. The van der Waals surface area contributed by atoms with Crippen LogP contribution in [0.25, 0.3) is 0 Å². The van der Waals surface area contributed by atoms with Crippen molar-refractivity contribution in [2.24, 2.45) is 0 Å². The Hall–Kier alpha value is -3.35. The Morgan fingerprint density at radius 1 is 0.962 bits per heavy atom. The number of fused-ring (bicyclic) bond motifs is 1. The summed E-state index contributed by atoms with van der Waals surface area (Å²) in [5.41, 5.74) is 1.42. The maximum absolute atomic E-state index is 12.3. The van der Waals surface area contributed by atoms with E-state index in [2.05, 4.69) is 5.32 Å². The molecule has 0 saturated carbocycles. The zero-order chi connectivity index (χ0) is 18.7. The van der Waals surface area contributed by atoms with E-state index in [4.69, 9.17) is 9.47 Å². The van der Waals surface area contributed by atoms with E-state index in [1.807, 2.05) is 0 Å². The molecule has 0 aromatic heterocycles. The first-order chi connectivity index (χ1) is 12.5. The number of hydrogen-bond acceptors (Lipinski definition) is 5. The van der Waals surface area contributed by atoms with Crippen molar-refractivity contribution < 1.29 is 23.9 Å². The number of hydrogen-bond donors (Lipinski definition) is 1. The van der Waals surface area contributed by atoms with Crippen molar-refractivity contribution in [3.05, 3.63) is 59.2 Å². The summed E-state index contributed by atoms with van der Waals surface area (Å²) in [6.45, 7) is -0.108. The summed E-state index contributed by atoms with van der Waals surface area (Å²) in [6, 6.07) is 11.8. The normalized spacial score (nSPS) is 12.8. The van der Waals surface area contributed by atoms with Crippen molar-refractivity contribution in [1.82, 2.24) is 10.2 Å². The van der Waals surface area contributed by atoms with Gasteiger partial charge in [-0.15, -0.1) is 0 Å². The molecular formula is C19H18N2O5. The minimum Gasteiger partial charge on any atom is -0.497 e. The van der Waals surface area contributed by atoms with Crippen LogP contribution in [0.4, 0.5) is 0 Å². The van der Waals surface area contributed by atoms with Gasteiger partial charge in [-0.3, -0.25) is 19.3 Å². The van der Waals surface area contributed by atoms with E-state index in [-0.39, 0.29) is 13.1 Å². The summed E-state index contributed by atoms with van der Waals surface area (Å²) < 4.78 is 10.4. The highest BCUT2D eigenvalue weighted by molar-refractivity contribution is 6.22. The molecule has 0 saturated heterocycles. The zero-order valence-electron chi connectivity index (χ0n) is 14.4. The van der Waals surface area contributed by atoms with Gasteiger partial charge in [0.15, 0.2) is 0 Å². The summed E-state index contributed by atoms with van der Waals surface area (Å²) in [4.78, 5) is 37.7. The van der Waals surface area contributed by atoms with Crippen LogP contribution in [0.15, 0.2) is 42.5 Å². The van der Waals surface area contributed by atoms with Crippen LogP contribution in [0, 0.1) is 0 Å². The molecule has 0 atom stereocenters. The summed E-state index contributed by atoms with van der Waals surface area (Å²) in [5.74, 6) is -0.128. The average Bonchev–Trinajstić information content (AvgIpc) is 2.91. The summed E-state index contributed by atoms with van der Waals surface area (Å²) >= 11 is 0. The molecule has 3 amide bonds. The molecule has 3 rings (SSSR count). The molecule has 1 aliphatic heterocycles. The van der Waals surface area contributed by atoms with Crippen LogP contribution in [0.2, 0.25) is 0 Å². The van der Waals surface area contributed by atoms with E-state index >= 15 is 0 Å². The third-order valence-corrected chi connectivity index (χ3v) is 4.08. The Balaban J connectivity index is 1.64. The lowest BCUT2D eigenvalue weighted by molar-refractivity contribution is -0.121. The van der Waals surface area contributed by atoms with E-state index in [9.17, 15) is 14.4 Å². The molecule has 7 nitrogen and oxygen atoms in total. The lowest BCUT2D eigenvalue weighted by atomic mass is 10.1. The molecule has 0 radical (unpaired) electrons. The van der Waals surface area contributed by atoms with E-state index in [0.29, 0.717) is 22.6 Å². The number of ether oxygens (including phenoxy) is 2. The van der Waals surface area contributed by atoms with Gasteiger partial charge in [-0.05, 0) is 29.8 Å². The van der Waals surface area contributed by atoms with E-state index in [0.717, 1.165) is 10.5 Å². The molecule has 2 aromatic rings. The van der Waals surface area contributed by atoms with Crippen molar-refractivity contribution in [2.45, 2.75) is 6.54 Å². The highest BCUT2D eigenvalue weighted by atomic mass is 16.5. The van der Waals surface area contributed by atoms with Crippen LogP contribution in [-0.4, -0.2) is 43.4 Å². The van der Waals surface area contributed by atoms with Gasteiger partial charge in [0, 0.05) is 12.6 Å². The molecule has 134 valence electrons. The summed E-state index contributed by atoms with van der Waals surface area (Å²) in [7, 11) is 3.08. The second kappa shape index (κ2) is 7.26. The van der Waals surface area contributed by atoms with Gasteiger partial charge in [0.2, 0.25) is 5.91 Å². The van der Waals surface area contributed by atoms with Crippen molar-refractivity contribution >= 4 is 17.7 Å². The smallest absolute Gasteiger partial charge is 0.262 e. The number of amides is 3. The van der Waals surface area contributed by atoms with Crippen LogP contribution in [0.5, 0.6) is 11.5 Å². The molecule has 2 aromatic carbocycles. The fraction of sp³-hybridized carbons (Fsp3) is 0.211. The maximum atomic E-state index is 12.3. The first kappa shape index (κ1) is 17.5. The van der Waals surface area contributed by atoms with Crippen LogP contribution < -0.4 is 14.8 Å². The van der Waals surface area contributed by atoms with Crippen molar-refractivity contribution in [2.75, 3.05) is 20.8 Å². The topological polar surface area (TPSA) is 84.9 Å². The van der Waals surface area contributed by atoms with Crippen LogP contribution in [0.3, 0.4) is 0 Å². The molecule has 0 aliphatic carbocycles. The zero-order valence-corrected chi connectivity index (χ0v) is 14.4. The predicted octanol–water partition coefficient (Wildman–Crippen LogP) is 1.62. The van der Waals surface area contributed by atoms with Gasteiger partial charge in [0.1, 0.15) is 18.0 Å². The molecular weight excluding hydrogens is 336 g/mol. The molecule has 0 bridgehead atoms. The van der Waals surface area contributed by atoms with Crippen LogP contribution >= 0.6 is 0 Å². The largest absolute Gasteiger partial charge is 0.497 e. The number of benzene rings is 2. The Labute approximate surface area is 150 Å². The van der Waals surface area contributed by atoms with Gasteiger partial charge in [-0.1, -0.05) is 12.1 Å². The minimum atomic E-state index is -0.455. The molecule has 7 heteroatoms. The maximum Gasteiger partial charge on any atom is 0.262 e. The Kier molecular flexibility index (Phi) is 4.88. The molecule has 1 heterocycles. The first-order valence-corrected chi connectivity index (χ1v) is 7.97. The van der Waals surface area contributed by atoms with Gasteiger partial charge in [-0.25, -0.2) is 0 Å². The molecule has 1 N–H and O–H groups in total. The van der Waals surface area contributed by atoms with E-state index in [1.165, 1.54) is 0 Å². The van der Waals surface area contributed by atoms with E-state index in [1.54, 1.807) is 56.7 Å². The Morgan fingerprint density at radius 3 is 2.00 bits per heavy atom. The van der Waals surface area contributed by atoms with Gasteiger partial charge < -0.3 is 14.8 Å². The summed E-state index contributed by atoms with van der Waals surface area (Å²) in [5, 5.41) is 2.70. The lowest BCUT2D eigenvalue weighted by Crippen LogP contribution is -2.40. The van der Waals surface area contributed by atoms with Gasteiger partial charge in [0.05, 0.1) is 25.3 Å². The van der Waals surface area contributed by atoms with Crippen molar-refractivity contribution in [3.8, 4) is 11.5 Å². The number of nitrogens with zero attached hydrogens (tertiary/aromatic N) is 1.